The monoisotopic (exact) mass is 421 g/mol. The normalized spacial score (nSPS) is 12.4. The van der Waals surface area contributed by atoms with Gasteiger partial charge < -0.3 is 14.2 Å². The van der Waals surface area contributed by atoms with E-state index in [0.29, 0.717) is 31.1 Å². The maximum atomic E-state index is 13.1. The molecule has 0 saturated heterocycles. The Morgan fingerprint density at radius 2 is 1.77 bits per heavy atom. The summed E-state index contributed by atoms with van der Waals surface area (Å²) in [5.74, 6) is 1.94. The first kappa shape index (κ1) is 22.5. The number of benzene rings is 2. The molecule has 0 aliphatic carbocycles. The lowest BCUT2D eigenvalue weighted by Gasteiger charge is -2.32. The van der Waals surface area contributed by atoms with Gasteiger partial charge in [-0.05, 0) is 42.2 Å². The third-order valence-corrected chi connectivity index (χ3v) is 5.13. The molecule has 1 unspecified atom stereocenters. The van der Waals surface area contributed by atoms with Crippen LogP contribution in [-0.2, 0) is 11.2 Å². The van der Waals surface area contributed by atoms with Gasteiger partial charge in [0.15, 0.2) is 0 Å². The number of ether oxygens (including phenoxy) is 1. The van der Waals surface area contributed by atoms with E-state index in [-0.39, 0.29) is 17.4 Å². The van der Waals surface area contributed by atoms with Gasteiger partial charge in [-0.25, -0.2) is 0 Å². The summed E-state index contributed by atoms with van der Waals surface area (Å²) in [6.07, 6.45) is 0.974. The molecule has 31 heavy (non-hydrogen) atoms. The Morgan fingerprint density at radius 3 is 2.39 bits per heavy atom. The molecule has 6 heteroatoms. The first-order chi connectivity index (χ1) is 14.8. The second kappa shape index (κ2) is 9.77. The van der Waals surface area contributed by atoms with Gasteiger partial charge in [-0.15, -0.1) is 0 Å². The predicted octanol–water partition coefficient (Wildman–Crippen LogP) is 5.31. The number of hydrogen-bond acceptors (Lipinski definition) is 5. The van der Waals surface area contributed by atoms with E-state index < -0.39 is 0 Å². The van der Waals surface area contributed by atoms with Gasteiger partial charge in [0.1, 0.15) is 5.75 Å². The van der Waals surface area contributed by atoms with E-state index in [0.717, 1.165) is 16.9 Å². The van der Waals surface area contributed by atoms with Crippen molar-refractivity contribution in [1.82, 2.24) is 15.0 Å². The van der Waals surface area contributed by atoms with Crippen LogP contribution in [0.5, 0.6) is 5.75 Å². The van der Waals surface area contributed by atoms with Gasteiger partial charge in [0.05, 0.1) is 13.2 Å². The van der Waals surface area contributed by atoms with Gasteiger partial charge in [-0.3, -0.25) is 4.79 Å². The van der Waals surface area contributed by atoms with E-state index in [1.165, 1.54) is 0 Å². The maximum absolute atomic E-state index is 13.1. The van der Waals surface area contributed by atoms with E-state index >= 15 is 0 Å². The third-order valence-electron chi connectivity index (χ3n) is 5.13. The summed E-state index contributed by atoms with van der Waals surface area (Å²) < 4.78 is 10.7. The Labute approximate surface area is 184 Å². The first-order valence-electron chi connectivity index (χ1n) is 10.6. The van der Waals surface area contributed by atoms with E-state index in [1.807, 2.05) is 47.4 Å². The van der Waals surface area contributed by atoms with Crippen LogP contribution < -0.4 is 4.74 Å². The molecule has 0 spiro atoms. The Bertz CT molecular complexity index is 975. The summed E-state index contributed by atoms with van der Waals surface area (Å²) in [6.45, 7) is 8.81. The lowest BCUT2D eigenvalue weighted by atomic mass is 9.91. The van der Waals surface area contributed by atoms with Crippen LogP contribution in [0.1, 0.15) is 51.6 Å². The summed E-state index contributed by atoms with van der Waals surface area (Å²) in [7, 11) is 1.63. The topological polar surface area (TPSA) is 68.5 Å². The number of aromatic nitrogens is 2. The van der Waals surface area contributed by atoms with Crippen molar-refractivity contribution in [3.63, 3.8) is 0 Å². The summed E-state index contributed by atoms with van der Waals surface area (Å²) in [5.41, 5.74) is 1.88. The molecule has 0 saturated carbocycles. The van der Waals surface area contributed by atoms with Gasteiger partial charge in [-0.2, -0.15) is 4.98 Å². The van der Waals surface area contributed by atoms with Crippen molar-refractivity contribution in [2.75, 3.05) is 13.7 Å². The number of carbonyl (C=O) groups excluding carboxylic acids is 1. The van der Waals surface area contributed by atoms with Gasteiger partial charge >= 0.3 is 0 Å². The van der Waals surface area contributed by atoms with Crippen LogP contribution >= 0.6 is 0 Å². The molecule has 3 aromatic rings. The smallest absolute Gasteiger partial charge is 0.228 e. The highest BCUT2D eigenvalue weighted by molar-refractivity contribution is 5.77. The molecule has 0 bridgehead atoms. The zero-order valence-electron chi connectivity index (χ0n) is 19.0. The lowest BCUT2D eigenvalue weighted by Crippen LogP contribution is -2.37. The van der Waals surface area contributed by atoms with E-state index in [1.54, 1.807) is 7.11 Å². The van der Waals surface area contributed by atoms with Crippen LogP contribution in [0.25, 0.3) is 11.4 Å². The molecular weight excluding hydrogens is 390 g/mol. The quantitative estimate of drug-likeness (QED) is 0.493. The van der Waals surface area contributed by atoms with Crippen molar-refractivity contribution in [2.24, 2.45) is 5.41 Å². The minimum Gasteiger partial charge on any atom is -0.497 e. The maximum Gasteiger partial charge on any atom is 0.228 e. The minimum absolute atomic E-state index is 0.0416. The molecule has 0 aliphatic rings. The molecule has 1 amide bonds. The van der Waals surface area contributed by atoms with Crippen molar-refractivity contribution in [3.8, 4) is 17.1 Å². The first-order valence-corrected chi connectivity index (χ1v) is 10.6. The van der Waals surface area contributed by atoms with Crippen molar-refractivity contribution in [1.29, 1.82) is 0 Å². The van der Waals surface area contributed by atoms with E-state index in [9.17, 15) is 4.79 Å². The average Bonchev–Trinajstić information content (AvgIpc) is 3.22. The third kappa shape index (κ3) is 6.17. The summed E-state index contributed by atoms with van der Waals surface area (Å²) in [4.78, 5) is 19.6. The molecule has 1 atom stereocenters. The standard InChI is InChI=1S/C25H31N3O3/c1-18(19-9-7-6-8-10-19)28(23(29)17-25(2,3)4)16-15-22-26-24(27-31-22)20-11-13-21(30-5)14-12-20/h6-14,18H,15-17H2,1-5H3. The Balaban J connectivity index is 1.74. The summed E-state index contributed by atoms with van der Waals surface area (Å²) in [5, 5.41) is 4.10. The van der Waals surface area contributed by atoms with Crippen molar-refractivity contribution >= 4 is 5.91 Å². The van der Waals surface area contributed by atoms with Gasteiger partial charge in [0, 0.05) is 24.9 Å². The van der Waals surface area contributed by atoms with Crippen LogP contribution in [0.15, 0.2) is 59.1 Å². The number of hydrogen-bond donors (Lipinski definition) is 0. The second-order valence-electron chi connectivity index (χ2n) is 8.90. The number of rotatable bonds is 8. The van der Waals surface area contributed by atoms with Crippen LogP contribution in [0.2, 0.25) is 0 Å². The SMILES string of the molecule is COc1ccc(-c2noc(CCN(C(=O)CC(C)(C)C)C(C)c3ccccc3)n2)cc1. The Kier molecular flexibility index (Phi) is 7.10. The van der Waals surface area contributed by atoms with Gasteiger partial charge in [0.25, 0.3) is 0 Å². The summed E-state index contributed by atoms with van der Waals surface area (Å²) in [6, 6.07) is 17.5. The van der Waals surface area contributed by atoms with Gasteiger partial charge in [0.2, 0.25) is 17.6 Å². The van der Waals surface area contributed by atoms with Crippen LogP contribution in [0, 0.1) is 5.41 Å². The molecule has 3 rings (SSSR count). The Hall–Kier alpha value is -3.15. The van der Waals surface area contributed by atoms with Crippen LogP contribution in [-0.4, -0.2) is 34.6 Å². The number of amides is 1. The molecule has 1 aromatic heterocycles. The predicted molar refractivity (Wildman–Crippen MR) is 121 cm³/mol. The molecule has 1 heterocycles. The molecular formula is C25H31N3O3. The fourth-order valence-electron chi connectivity index (χ4n) is 3.43. The van der Waals surface area contributed by atoms with Gasteiger partial charge in [-0.1, -0.05) is 56.3 Å². The zero-order chi connectivity index (χ0) is 22.4. The lowest BCUT2D eigenvalue weighted by molar-refractivity contribution is -0.135. The molecule has 0 fully saturated rings. The van der Waals surface area contributed by atoms with Crippen molar-refractivity contribution in [3.05, 3.63) is 66.1 Å². The zero-order valence-corrected chi connectivity index (χ0v) is 19.0. The highest BCUT2D eigenvalue weighted by atomic mass is 16.5. The highest BCUT2D eigenvalue weighted by Crippen LogP contribution is 2.26. The highest BCUT2D eigenvalue weighted by Gasteiger charge is 2.26. The molecule has 0 radical (unpaired) electrons. The molecule has 6 nitrogen and oxygen atoms in total. The largest absolute Gasteiger partial charge is 0.497 e. The minimum atomic E-state index is -0.0856. The summed E-state index contributed by atoms with van der Waals surface area (Å²) >= 11 is 0. The van der Waals surface area contributed by atoms with Crippen molar-refractivity contribution in [2.45, 2.75) is 46.6 Å². The molecule has 0 N–H and O–H groups in total. The molecule has 0 aliphatic heterocycles. The van der Waals surface area contributed by atoms with Crippen molar-refractivity contribution < 1.29 is 14.1 Å². The number of methoxy groups -OCH3 is 1. The molecule has 2 aromatic carbocycles. The fourth-order valence-corrected chi connectivity index (χ4v) is 3.43. The average molecular weight is 422 g/mol. The number of nitrogens with zero attached hydrogens (tertiary/aromatic N) is 3. The number of carbonyl (C=O) groups is 1. The second-order valence-corrected chi connectivity index (χ2v) is 8.90. The van der Waals surface area contributed by atoms with E-state index in [4.69, 9.17) is 9.26 Å². The van der Waals surface area contributed by atoms with Crippen LogP contribution in [0.4, 0.5) is 0 Å². The Morgan fingerprint density at radius 1 is 1.10 bits per heavy atom. The fraction of sp³-hybridized carbons (Fsp3) is 0.400. The van der Waals surface area contributed by atoms with Crippen LogP contribution in [0.3, 0.4) is 0 Å². The van der Waals surface area contributed by atoms with E-state index in [2.05, 4.69) is 50.0 Å². The molecule has 164 valence electrons.